The molecule has 0 heterocycles. The van der Waals surface area contributed by atoms with Gasteiger partial charge in [-0.3, -0.25) is 9.10 Å². The highest BCUT2D eigenvalue weighted by atomic mass is 32.2. The normalized spacial score (nSPS) is 11.2. The molecule has 28 heavy (non-hydrogen) atoms. The van der Waals surface area contributed by atoms with Crippen LogP contribution in [0.25, 0.3) is 0 Å². The molecule has 0 saturated carbocycles. The molecule has 152 valence electrons. The lowest BCUT2D eigenvalue weighted by Crippen LogP contribution is -2.40. The van der Waals surface area contributed by atoms with Crippen LogP contribution in [-0.4, -0.2) is 39.4 Å². The summed E-state index contributed by atoms with van der Waals surface area (Å²) in [7, 11) is -3.56. The van der Waals surface area contributed by atoms with Crippen LogP contribution in [0.15, 0.2) is 48.5 Å². The molecule has 0 bridgehead atoms. The molecule has 8 heteroatoms. The fraction of sp³-hybridized carbons (Fsp3) is 0.350. The Labute approximate surface area is 170 Å². The van der Waals surface area contributed by atoms with Gasteiger partial charge in [0.25, 0.3) is 0 Å². The molecule has 0 fully saturated rings. The average Bonchev–Trinajstić information content (AvgIpc) is 2.64. The number of hydrogen-bond acceptors (Lipinski definition) is 4. The second-order valence-electron chi connectivity index (χ2n) is 6.49. The summed E-state index contributed by atoms with van der Waals surface area (Å²) in [6, 6.07) is 13.4. The first kappa shape index (κ1) is 22.2. The summed E-state index contributed by atoms with van der Waals surface area (Å²) >= 11 is 1.70. The first-order chi connectivity index (χ1) is 13.3. The van der Waals surface area contributed by atoms with Gasteiger partial charge in [0.05, 0.1) is 11.9 Å². The molecule has 0 radical (unpaired) electrons. The van der Waals surface area contributed by atoms with Crippen LogP contribution >= 0.6 is 11.8 Å². The van der Waals surface area contributed by atoms with Crippen LogP contribution < -0.4 is 9.62 Å². The minimum Gasteiger partial charge on any atom is -0.354 e. The third-order valence-electron chi connectivity index (χ3n) is 3.98. The Balaban J connectivity index is 1.74. The van der Waals surface area contributed by atoms with Gasteiger partial charge in [-0.1, -0.05) is 29.8 Å². The maximum atomic E-state index is 12.9. The Bertz CT molecular complexity index is 869. The summed E-state index contributed by atoms with van der Waals surface area (Å²) in [5.41, 5.74) is 2.54. The number of rotatable bonds is 10. The van der Waals surface area contributed by atoms with Gasteiger partial charge >= 0.3 is 0 Å². The quantitative estimate of drug-likeness (QED) is 0.594. The van der Waals surface area contributed by atoms with Crippen LogP contribution in [0.1, 0.15) is 17.5 Å². The van der Waals surface area contributed by atoms with Crippen LogP contribution in [0, 0.1) is 12.7 Å². The number of carbonyl (C=O) groups excluding carboxylic acids is 1. The lowest BCUT2D eigenvalue weighted by molar-refractivity contribution is -0.119. The lowest BCUT2D eigenvalue weighted by Gasteiger charge is -2.22. The summed E-state index contributed by atoms with van der Waals surface area (Å²) < 4.78 is 38.0. The van der Waals surface area contributed by atoms with Gasteiger partial charge in [0, 0.05) is 12.3 Å². The predicted molar refractivity (Wildman–Crippen MR) is 114 cm³/mol. The van der Waals surface area contributed by atoms with Crippen molar-refractivity contribution in [3.05, 3.63) is 65.5 Å². The first-order valence-corrected chi connectivity index (χ1v) is 11.9. The van der Waals surface area contributed by atoms with E-state index in [1.165, 1.54) is 12.1 Å². The van der Waals surface area contributed by atoms with Gasteiger partial charge in [0.1, 0.15) is 12.4 Å². The monoisotopic (exact) mass is 424 g/mol. The van der Waals surface area contributed by atoms with Crippen molar-refractivity contribution in [1.82, 2.24) is 5.32 Å². The number of amides is 1. The number of halogens is 1. The molecule has 0 atom stereocenters. The third-order valence-corrected chi connectivity index (χ3v) is 6.23. The Morgan fingerprint density at radius 2 is 1.75 bits per heavy atom. The van der Waals surface area contributed by atoms with E-state index in [1.807, 2.05) is 19.1 Å². The topological polar surface area (TPSA) is 66.5 Å². The molecule has 0 spiro atoms. The summed E-state index contributed by atoms with van der Waals surface area (Å²) in [5, 5.41) is 2.76. The zero-order valence-corrected chi connectivity index (χ0v) is 17.7. The van der Waals surface area contributed by atoms with Gasteiger partial charge in [-0.15, -0.1) is 0 Å². The van der Waals surface area contributed by atoms with Gasteiger partial charge in [0.2, 0.25) is 15.9 Å². The molecule has 5 nitrogen and oxygen atoms in total. The molecule has 0 unspecified atom stereocenters. The zero-order valence-electron chi connectivity index (χ0n) is 16.0. The predicted octanol–water partition coefficient (Wildman–Crippen LogP) is 3.34. The van der Waals surface area contributed by atoms with Crippen LogP contribution in [0.3, 0.4) is 0 Å². The molecule has 0 aliphatic heterocycles. The van der Waals surface area contributed by atoms with Crippen molar-refractivity contribution < 1.29 is 17.6 Å². The van der Waals surface area contributed by atoms with E-state index in [9.17, 15) is 17.6 Å². The average molecular weight is 425 g/mol. The number of sulfonamides is 1. The lowest BCUT2D eigenvalue weighted by atomic mass is 10.2. The number of aryl methyl sites for hydroxylation is 1. The van der Waals surface area contributed by atoms with E-state index in [2.05, 4.69) is 5.32 Å². The van der Waals surface area contributed by atoms with E-state index < -0.39 is 10.0 Å². The Morgan fingerprint density at radius 3 is 2.36 bits per heavy atom. The standard InChI is InChI=1S/C20H25FN2O3S2/c1-16-4-10-19(11-5-16)23(28(2,25)26)14-20(24)22-12-3-13-27-15-17-6-8-18(21)9-7-17/h4-11H,3,12-15H2,1-2H3,(H,22,24). The number of carbonyl (C=O) groups is 1. The molecule has 2 aromatic carbocycles. The van der Waals surface area contributed by atoms with Gasteiger partial charge in [-0.25, -0.2) is 12.8 Å². The van der Waals surface area contributed by atoms with E-state index in [1.54, 1.807) is 36.0 Å². The molecule has 0 aromatic heterocycles. The minimum absolute atomic E-state index is 0.245. The van der Waals surface area contributed by atoms with Crippen LogP contribution in [0.5, 0.6) is 0 Å². The maximum absolute atomic E-state index is 12.9. The number of nitrogens with zero attached hydrogens (tertiary/aromatic N) is 1. The number of benzene rings is 2. The third kappa shape index (κ3) is 7.52. The second-order valence-corrected chi connectivity index (χ2v) is 9.50. The summed E-state index contributed by atoms with van der Waals surface area (Å²) in [6.45, 7) is 2.14. The smallest absolute Gasteiger partial charge is 0.240 e. The molecule has 0 aliphatic rings. The molecule has 1 N–H and O–H groups in total. The maximum Gasteiger partial charge on any atom is 0.240 e. The summed E-state index contributed by atoms with van der Waals surface area (Å²) in [5.74, 6) is 1.04. The van der Waals surface area contributed by atoms with Gasteiger partial charge in [-0.2, -0.15) is 11.8 Å². The number of nitrogens with one attached hydrogen (secondary N) is 1. The highest BCUT2D eigenvalue weighted by molar-refractivity contribution is 7.98. The minimum atomic E-state index is -3.56. The van der Waals surface area contributed by atoms with Crippen molar-refractivity contribution in [3.63, 3.8) is 0 Å². The van der Waals surface area contributed by atoms with Crippen molar-refractivity contribution in [1.29, 1.82) is 0 Å². The molecule has 2 rings (SSSR count). The van der Waals surface area contributed by atoms with E-state index in [0.717, 1.165) is 39.6 Å². The Morgan fingerprint density at radius 1 is 1.11 bits per heavy atom. The number of anilines is 1. The largest absolute Gasteiger partial charge is 0.354 e. The van der Waals surface area contributed by atoms with Crippen LogP contribution in [0.2, 0.25) is 0 Å². The van der Waals surface area contributed by atoms with Gasteiger partial charge in [0.15, 0.2) is 0 Å². The van der Waals surface area contributed by atoms with Crippen molar-refractivity contribution >= 4 is 33.4 Å². The van der Waals surface area contributed by atoms with Crippen LogP contribution in [-0.2, 0) is 20.6 Å². The highest BCUT2D eigenvalue weighted by Crippen LogP contribution is 2.18. The van der Waals surface area contributed by atoms with Gasteiger partial charge in [-0.05, 0) is 48.9 Å². The number of hydrogen-bond donors (Lipinski definition) is 1. The fourth-order valence-corrected chi connectivity index (χ4v) is 4.25. The number of thioether (sulfide) groups is 1. The van der Waals surface area contributed by atoms with Crippen molar-refractivity contribution in [2.24, 2.45) is 0 Å². The molecule has 2 aromatic rings. The fourth-order valence-electron chi connectivity index (χ4n) is 2.47. The molecule has 1 amide bonds. The zero-order chi connectivity index (χ0) is 20.6. The van der Waals surface area contributed by atoms with E-state index in [0.29, 0.717) is 12.2 Å². The molecule has 0 saturated heterocycles. The SMILES string of the molecule is Cc1ccc(N(CC(=O)NCCCSCc2ccc(F)cc2)S(C)(=O)=O)cc1. The Hall–Kier alpha value is -2.06. The highest BCUT2D eigenvalue weighted by Gasteiger charge is 2.20. The van der Waals surface area contributed by atoms with E-state index in [-0.39, 0.29) is 18.3 Å². The molecular formula is C20H25FN2O3S2. The van der Waals surface area contributed by atoms with E-state index >= 15 is 0 Å². The second kappa shape index (κ2) is 10.5. The van der Waals surface area contributed by atoms with Crippen molar-refractivity contribution in [2.45, 2.75) is 19.1 Å². The molecule has 0 aliphatic carbocycles. The van der Waals surface area contributed by atoms with Crippen LogP contribution in [0.4, 0.5) is 10.1 Å². The van der Waals surface area contributed by atoms with Gasteiger partial charge < -0.3 is 5.32 Å². The van der Waals surface area contributed by atoms with Crippen molar-refractivity contribution in [2.75, 3.05) is 29.4 Å². The first-order valence-electron chi connectivity index (χ1n) is 8.89. The Kier molecular flexibility index (Phi) is 8.32. The summed E-state index contributed by atoms with van der Waals surface area (Å²) in [6.07, 6.45) is 1.85. The summed E-state index contributed by atoms with van der Waals surface area (Å²) in [4.78, 5) is 12.2. The molecular weight excluding hydrogens is 399 g/mol. The van der Waals surface area contributed by atoms with E-state index in [4.69, 9.17) is 0 Å². The van der Waals surface area contributed by atoms with Crippen molar-refractivity contribution in [3.8, 4) is 0 Å².